The molecule has 0 spiro atoms. The molecule has 1 heterocycles. The van der Waals surface area contributed by atoms with E-state index in [1.54, 1.807) is 18.3 Å². The summed E-state index contributed by atoms with van der Waals surface area (Å²) >= 11 is 0. The van der Waals surface area contributed by atoms with Crippen molar-refractivity contribution < 1.29 is 4.39 Å². The van der Waals surface area contributed by atoms with Crippen LogP contribution in [0.1, 0.15) is 26.3 Å². The molecular formula is C18H27FIN5. The zero-order chi connectivity index (χ0) is 17.4. The molecule has 0 atom stereocenters. The van der Waals surface area contributed by atoms with Gasteiger partial charge >= 0.3 is 0 Å². The van der Waals surface area contributed by atoms with Crippen molar-refractivity contribution in [2.45, 2.75) is 32.7 Å². The molecule has 0 aliphatic heterocycles. The highest BCUT2D eigenvalue weighted by atomic mass is 127. The van der Waals surface area contributed by atoms with E-state index < -0.39 is 0 Å². The molecule has 0 radical (unpaired) electrons. The SMILES string of the molecule is CCNC(=NCC(C)(C)c1cccc(F)c1)NCCn1cccn1.I. The molecule has 0 fully saturated rings. The van der Waals surface area contributed by atoms with E-state index in [9.17, 15) is 4.39 Å². The molecule has 2 rings (SSSR count). The van der Waals surface area contributed by atoms with Crippen LogP contribution in [0.4, 0.5) is 4.39 Å². The third-order valence-electron chi connectivity index (χ3n) is 3.78. The summed E-state index contributed by atoms with van der Waals surface area (Å²) in [7, 11) is 0. The molecule has 0 amide bonds. The van der Waals surface area contributed by atoms with Gasteiger partial charge in [-0.15, -0.1) is 24.0 Å². The van der Waals surface area contributed by atoms with Gasteiger partial charge in [-0.05, 0) is 30.7 Å². The number of aliphatic imine (C=N–C) groups is 1. The van der Waals surface area contributed by atoms with Gasteiger partial charge < -0.3 is 10.6 Å². The largest absolute Gasteiger partial charge is 0.357 e. The van der Waals surface area contributed by atoms with Crippen molar-refractivity contribution in [3.05, 3.63) is 54.1 Å². The average molecular weight is 459 g/mol. The molecule has 138 valence electrons. The van der Waals surface area contributed by atoms with Crippen LogP contribution in [-0.2, 0) is 12.0 Å². The quantitative estimate of drug-likeness (QED) is 0.380. The molecule has 0 unspecified atom stereocenters. The second-order valence-corrected chi connectivity index (χ2v) is 6.29. The number of halogens is 2. The van der Waals surface area contributed by atoms with Gasteiger partial charge in [-0.25, -0.2) is 4.39 Å². The second kappa shape index (κ2) is 10.4. The van der Waals surface area contributed by atoms with Gasteiger partial charge in [0.15, 0.2) is 5.96 Å². The summed E-state index contributed by atoms with van der Waals surface area (Å²) in [6, 6.07) is 8.62. The normalized spacial score (nSPS) is 11.8. The van der Waals surface area contributed by atoms with Crippen LogP contribution >= 0.6 is 24.0 Å². The van der Waals surface area contributed by atoms with Gasteiger partial charge in [0, 0.05) is 30.9 Å². The number of nitrogens with one attached hydrogen (secondary N) is 2. The van der Waals surface area contributed by atoms with Crippen LogP contribution in [0.2, 0.25) is 0 Å². The van der Waals surface area contributed by atoms with E-state index in [-0.39, 0.29) is 35.2 Å². The number of hydrogen-bond acceptors (Lipinski definition) is 2. The average Bonchev–Trinajstić information content (AvgIpc) is 3.06. The van der Waals surface area contributed by atoms with Crippen LogP contribution in [-0.4, -0.2) is 35.4 Å². The lowest BCUT2D eigenvalue weighted by molar-refractivity contribution is 0.528. The Kier molecular flexibility index (Phi) is 8.88. The minimum Gasteiger partial charge on any atom is -0.357 e. The van der Waals surface area contributed by atoms with Crippen LogP contribution in [0.15, 0.2) is 47.7 Å². The number of nitrogens with zero attached hydrogens (tertiary/aromatic N) is 3. The maximum atomic E-state index is 13.4. The number of guanidine groups is 1. The summed E-state index contributed by atoms with van der Waals surface area (Å²) in [6.07, 6.45) is 3.69. The van der Waals surface area contributed by atoms with E-state index in [0.717, 1.165) is 31.2 Å². The number of hydrogen-bond donors (Lipinski definition) is 2. The van der Waals surface area contributed by atoms with Gasteiger partial charge in [0.25, 0.3) is 0 Å². The van der Waals surface area contributed by atoms with Crippen molar-refractivity contribution in [3.8, 4) is 0 Å². The van der Waals surface area contributed by atoms with Crippen molar-refractivity contribution in [1.29, 1.82) is 0 Å². The van der Waals surface area contributed by atoms with Crippen LogP contribution in [0.3, 0.4) is 0 Å². The van der Waals surface area contributed by atoms with Gasteiger partial charge in [0.05, 0.1) is 13.1 Å². The zero-order valence-electron chi connectivity index (χ0n) is 15.0. The summed E-state index contributed by atoms with van der Waals surface area (Å²) in [5.74, 6) is 0.544. The van der Waals surface area contributed by atoms with E-state index in [1.165, 1.54) is 6.07 Å². The number of rotatable bonds is 7. The van der Waals surface area contributed by atoms with E-state index in [1.807, 2.05) is 29.9 Å². The maximum Gasteiger partial charge on any atom is 0.191 e. The fourth-order valence-corrected chi connectivity index (χ4v) is 2.34. The van der Waals surface area contributed by atoms with E-state index in [0.29, 0.717) is 6.54 Å². The minimum absolute atomic E-state index is 0. The predicted molar refractivity (Wildman–Crippen MR) is 111 cm³/mol. The highest BCUT2D eigenvalue weighted by molar-refractivity contribution is 14.0. The summed E-state index contributed by atoms with van der Waals surface area (Å²) in [4.78, 5) is 4.65. The van der Waals surface area contributed by atoms with Crippen LogP contribution in [0.25, 0.3) is 0 Å². The van der Waals surface area contributed by atoms with E-state index in [2.05, 4.69) is 34.6 Å². The summed E-state index contributed by atoms with van der Waals surface area (Å²) in [5, 5.41) is 10.7. The van der Waals surface area contributed by atoms with Crippen molar-refractivity contribution in [2.75, 3.05) is 19.6 Å². The van der Waals surface area contributed by atoms with E-state index >= 15 is 0 Å². The van der Waals surface area contributed by atoms with Crippen molar-refractivity contribution in [1.82, 2.24) is 20.4 Å². The second-order valence-electron chi connectivity index (χ2n) is 6.29. The van der Waals surface area contributed by atoms with Crippen molar-refractivity contribution in [2.24, 2.45) is 4.99 Å². The fraction of sp³-hybridized carbons (Fsp3) is 0.444. The Morgan fingerprint density at radius 2 is 2.08 bits per heavy atom. The lowest BCUT2D eigenvalue weighted by Crippen LogP contribution is -2.40. The molecule has 2 N–H and O–H groups in total. The molecule has 1 aromatic heterocycles. The molecule has 2 aromatic rings. The van der Waals surface area contributed by atoms with Gasteiger partial charge in [-0.1, -0.05) is 26.0 Å². The monoisotopic (exact) mass is 459 g/mol. The topological polar surface area (TPSA) is 54.2 Å². The third kappa shape index (κ3) is 7.01. The molecule has 25 heavy (non-hydrogen) atoms. The number of aromatic nitrogens is 2. The molecule has 0 bridgehead atoms. The van der Waals surface area contributed by atoms with Gasteiger partial charge in [-0.3, -0.25) is 9.67 Å². The summed E-state index contributed by atoms with van der Waals surface area (Å²) < 4.78 is 15.3. The lowest BCUT2D eigenvalue weighted by Gasteiger charge is -2.24. The Morgan fingerprint density at radius 1 is 1.28 bits per heavy atom. The Bertz CT molecular complexity index is 655. The first kappa shape index (κ1) is 21.4. The van der Waals surface area contributed by atoms with E-state index in [4.69, 9.17) is 0 Å². The first-order chi connectivity index (χ1) is 11.5. The molecule has 0 aliphatic rings. The van der Waals surface area contributed by atoms with Crippen LogP contribution in [0, 0.1) is 5.82 Å². The first-order valence-corrected chi connectivity index (χ1v) is 8.27. The van der Waals surface area contributed by atoms with Crippen molar-refractivity contribution >= 4 is 29.9 Å². The fourth-order valence-electron chi connectivity index (χ4n) is 2.34. The number of benzene rings is 1. The lowest BCUT2D eigenvalue weighted by atomic mass is 9.85. The first-order valence-electron chi connectivity index (χ1n) is 8.27. The molecule has 0 saturated carbocycles. The highest BCUT2D eigenvalue weighted by Gasteiger charge is 2.21. The minimum atomic E-state index is -0.244. The Labute approximate surface area is 166 Å². The Hall–Kier alpha value is -1.64. The van der Waals surface area contributed by atoms with Crippen LogP contribution in [0.5, 0.6) is 0 Å². The zero-order valence-corrected chi connectivity index (χ0v) is 17.3. The third-order valence-corrected chi connectivity index (χ3v) is 3.78. The highest BCUT2D eigenvalue weighted by Crippen LogP contribution is 2.24. The smallest absolute Gasteiger partial charge is 0.191 e. The Balaban J connectivity index is 0.00000312. The molecular weight excluding hydrogens is 432 g/mol. The van der Waals surface area contributed by atoms with Gasteiger partial charge in [0.1, 0.15) is 5.82 Å². The van der Waals surface area contributed by atoms with Crippen LogP contribution < -0.4 is 10.6 Å². The van der Waals surface area contributed by atoms with Crippen molar-refractivity contribution in [3.63, 3.8) is 0 Å². The maximum absolute atomic E-state index is 13.4. The standard InChI is InChI=1S/C18H26FN5.HI/c1-4-20-17(21-10-12-24-11-6-9-23-24)22-14-18(2,3)15-7-5-8-16(19)13-15;/h5-9,11,13H,4,10,12,14H2,1-3H3,(H2,20,21,22);1H. The molecule has 1 aromatic carbocycles. The summed E-state index contributed by atoms with van der Waals surface area (Å²) in [5.41, 5.74) is 0.700. The van der Waals surface area contributed by atoms with Gasteiger partial charge in [0.2, 0.25) is 0 Å². The summed E-state index contributed by atoms with van der Waals surface area (Å²) in [6.45, 7) is 9.01. The predicted octanol–water partition coefficient (Wildman–Crippen LogP) is 3.17. The molecule has 0 saturated heterocycles. The molecule has 5 nitrogen and oxygen atoms in total. The van der Waals surface area contributed by atoms with Gasteiger partial charge in [-0.2, -0.15) is 5.10 Å². The molecule has 7 heteroatoms. The molecule has 0 aliphatic carbocycles. The Morgan fingerprint density at radius 3 is 2.72 bits per heavy atom.